The number of carbonyl (C=O) groups is 1. The van der Waals surface area contributed by atoms with Crippen molar-refractivity contribution in [1.82, 2.24) is 5.32 Å². The van der Waals surface area contributed by atoms with Gasteiger partial charge in [-0.1, -0.05) is 36.4 Å². The molecule has 1 unspecified atom stereocenters. The van der Waals surface area contributed by atoms with Crippen LogP contribution in [0.4, 0.5) is 10.1 Å². The second-order valence-corrected chi connectivity index (χ2v) is 4.87. The van der Waals surface area contributed by atoms with Crippen molar-refractivity contribution in [1.29, 1.82) is 0 Å². The van der Waals surface area contributed by atoms with Crippen LogP contribution in [0.25, 0.3) is 0 Å². The molecular formula is C16H15FN2O. The lowest BCUT2D eigenvalue weighted by Gasteiger charge is -2.12. The van der Waals surface area contributed by atoms with Crippen molar-refractivity contribution in [3.8, 4) is 0 Å². The average molecular weight is 270 g/mol. The molecule has 0 saturated heterocycles. The fraction of sp³-hybridized carbons (Fsp3) is 0.188. The van der Waals surface area contributed by atoms with Gasteiger partial charge in [0.25, 0.3) is 0 Å². The molecule has 20 heavy (non-hydrogen) atoms. The standard InChI is InChI=1S/C16H15FN2O/c17-13-7-3-1-6-12(13)10-18-16(20)15-9-11-5-2-4-8-14(11)19-15/h1-8,15,19H,9-10H2,(H,18,20). The molecule has 0 fully saturated rings. The van der Waals surface area contributed by atoms with Crippen molar-refractivity contribution >= 4 is 11.6 Å². The lowest BCUT2D eigenvalue weighted by atomic mass is 10.1. The van der Waals surface area contributed by atoms with Gasteiger partial charge in [-0.3, -0.25) is 4.79 Å². The Kier molecular flexibility index (Phi) is 3.37. The van der Waals surface area contributed by atoms with Crippen LogP contribution in [0.3, 0.4) is 0 Å². The monoisotopic (exact) mass is 270 g/mol. The summed E-state index contributed by atoms with van der Waals surface area (Å²) in [6, 6.07) is 14.0. The van der Waals surface area contributed by atoms with Crippen molar-refractivity contribution in [3.63, 3.8) is 0 Å². The molecule has 0 bridgehead atoms. The van der Waals surface area contributed by atoms with Gasteiger partial charge in [-0.05, 0) is 17.7 Å². The van der Waals surface area contributed by atoms with E-state index < -0.39 is 0 Å². The third kappa shape index (κ3) is 2.50. The lowest BCUT2D eigenvalue weighted by molar-refractivity contribution is -0.121. The first-order valence-electron chi connectivity index (χ1n) is 6.59. The van der Waals surface area contributed by atoms with Gasteiger partial charge in [-0.15, -0.1) is 0 Å². The summed E-state index contributed by atoms with van der Waals surface area (Å²) in [6.45, 7) is 0.208. The fourth-order valence-corrected chi connectivity index (χ4v) is 2.40. The Morgan fingerprint density at radius 2 is 1.95 bits per heavy atom. The molecule has 1 aliphatic heterocycles. The third-order valence-corrected chi connectivity index (χ3v) is 3.50. The molecule has 102 valence electrons. The molecule has 0 radical (unpaired) electrons. The van der Waals surface area contributed by atoms with Gasteiger partial charge >= 0.3 is 0 Å². The number of amides is 1. The van der Waals surface area contributed by atoms with Crippen LogP contribution in [0.1, 0.15) is 11.1 Å². The molecule has 0 aliphatic carbocycles. The molecule has 2 aromatic carbocycles. The number of carbonyl (C=O) groups excluding carboxylic acids is 1. The first-order valence-corrected chi connectivity index (χ1v) is 6.59. The van der Waals surface area contributed by atoms with E-state index in [1.54, 1.807) is 18.2 Å². The van der Waals surface area contributed by atoms with Crippen LogP contribution < -0.4 is 10.6 Å². The van der Waals surface area contributed by atoms with Gasteiger partial charge in [0.2, 0.25) is 5.91 Å². The number of hydrogen-bond donors (Lipinski definition) is 2. The quantitative estimate of drug-likeness (QED) is 0.899. The van der Waals surface area contributed by atoms with Crippen molar-refractivity contribution in [2.24, 2.45) is 0 Å². The normalized spacial score (nSPS) is 16.4. The number of rotatable bonds is 3. The molecule has 1 atom stereocenters. The van der Waals surface area contributed by atoms with Gasteiger partial charge in [0.05, 0.1) is 0 Å². The molecule has 1 heterocycles. The number of hydrogen-bond acceptors (Lipinski definition) is 2. The maximum absolute atomic E-state index is 13.5. The molecule has 0 aromatic heterocycles. The van der Waals surface area contributed by atoms with Gasteiger partial charge < -0.3 is 10.6 Å². The first-order chi connectivity index (χ1) is 9.74. The highest BCUT2D eigenvalue weighted by Crippen LogP contribution is 2.25. The molecule has 0 spiro atoms. The van der Waals surface area contributed by atoms with Gasteiger partial charge in [0.1, 0.15) is 11.9 Å². The van der Waals surface area contributed by atoms with Crippen molar-refractivity contribution in [2.45, 2.75) is 19.0 Å². The molecule has 2 aromatic rings. The summed E-state index contributed by atoms with van der Waals surface area (Å²) in [5.41, 5.74) is 2.63. The van der Waals surface area contributed by atoms with Crippen LogP contribution in [-0.2, 0) is 17.8 Å². The van der Waals surface area contributed by atoms with Gasteiger partial charge in [0, 0.05) is 24.2 Å². The van der Waals surface area contributed by atoms with E-state index in [-0.39, 0.29) is 24.3 Å². The SMILES string of the molecule is O=C(NCc1ccccc1F)C1Cc2ccccc2N1. The Morgan fingerprint density at radius 1 is 1.20 bits per heavy atom. The van der Waals surface area contributed by atoms with Crippen molar-refractivity contribution in [2.75, 3.05) is 5.32 Å². The van der Waals surface area contributed by atoms with Crippen LogP contribution >= 0.6 is 0 Å². The summed E-state index contributed by atoms with van der Waals surface area (Å²) in [5.74, 6) is -0.403. The number of anilines is 1. The maximum Gasteiger partial charge on any atom is 0.243 e. The zero-order valence-corrected chi connectivity index (χ0v) is 10.9. The predicted octanol–water partition coefficient (Wildman–Crippen LogP) is 2.48. The molecule has 2 N–H and O–H groups in total. The first kappa shape index (κ1) is 12.7. The molecule has 4 heteroatoms. The smallest absolute Gasteiger partial charge is 0.243 e. The van der Waals surface area contributed by atoms with Crippen LogP contribution in [0, 0.1) is 5.82 Å². The summed E-state index contributed by atoms with van der Waals surface area (Å²) in [4.78, 5) is 12.1. The molecule has 3 rings (SSSR count). The van der Waals surface area contributed by atoms with E-state index in [0.717, 1.165) is 11.3 Å². The van der Waals surface area contributed by atoms with E-state index >= 15 is 0 Å². The van der Waals surface area contributed by atoms with Crippen molar-refractivity contribution in [3.05, 3.63) is 65.5 Å². The lowest BCUT2D eigenvalue weighted by Crippen LogP contribution is -2.38. The van der Waals surface area contributed by atoms with E-state index in [1.807, 2.05) is 24.3 Å². The summed E-state index contributed by atoms with van der Waals surface area (Å²) in [7, 11) is 0. The average Bonchev–Trinajstić information content (AvgIpc) is 2.90. The predicted molar refractivity (Wildman–Crippen MR) is 75.8 cm³/mol. The fourth-order valence-electron chi connectivity index (χ4n) is 2.40. The largest absolute Gasteiger partial charge is 0.373 e. The zero-order valence-electron chi connectivity index (χ0n) is 10.9. The minimum absolute atomic E-state index is 0.107. The Balaban J connectivity index is 1.61. The highest BCUT2D eigenvalue weighted by atomic mass is 19.1. The molecular weight excluding hydrogens is 255 g/mol. The highest BCUT2D eigenvalue weighted by molar-refractivity contribution is 5.87. The maximum atomic E-state index is 13.5. The number of para-hydroxylation sites is 1. The second kappa shape index (κ2) is 5.33. The number of fused-ring (bicyclic) bond motifs is 1. The van der Waals surface area contributed by atoms with E-state index in [1.165, 1.54) is 6.07 Å². The van der Waals surface area contributed by atoms with E-state index in [4.69, 9.17) is 0 Å². The number of nitrogens with one attached hydrogen (secondary N) is 2. The molecule has 0 saturated carbocycles. The summed E-state index contributed by atoms with van der Waals surface area (Å²) in [6.07, 6.45) is 0.666. The van der Waals surface area contributed by atoms with Gasteiger partial charge in [-0.25, -0.2) is 4.39 Å². The Morgan fingerprint density at radius 3 is 2.75 bits per heavy atom. The van der Waals surface area contributed by atoms with Crippen LogP contribution in [0.2, 0.25) is 0 Å². The third-order valence-electron chi connectivity index (χ3n) is 3.50. The Bertz CT molecular complexity index is 617. The number of halogens is 1. The molecule has 1 amide bonds. The molecule has 3 nitrogen and oxygen atoms in total. The second-order valence-electron chi connectivity index (χ2n) is 4.87. The zero-order chi connectivity index (χ0) is 13.9. The van der Waals surface area contributed by atoms with Crippen LogP contribution in [0.5, 0.6) is 0 Å². The number of benzene rings is 2. The minimum atomic E-state index is -0.296. The van der Waals surface area contributed by atoms with E-state index in [2.05, 4.69) is 10.6 Å². The molecule has 1 aliphatic rings. The van der Waals surface area contributed by atoms with Gasteiger partial charge in [-0.2, -0.15) is 0 Å². The summed E-state index contributed by atoms with van der Waals surface area (Å²) >= 11 is 0. The topological polar surface area (TPSA) is 41.1 Å². The van der Waals surface area contributed by atoms with Crippen LogP contribution in [-0.4, -0.2) is 11.9 Å². The Labute approximate surface area is 116 Å². The Hall–Kier alpha value is -2.36. The summed E-state index contributed by atoms with van der Waals surface area (Å²) in [5, 5.41) is 5.95. The summed E-state index contributed by atoms with van der Waals surface area (Å²) < 4.78 is 13.5. The van der Waals surface area contributed by atoms with Crippen LogP contribution in [0.15, 0.2) is 48.5 Å². The van der Waals surface area contributed by atoms with E-state index in [9.17, 15) is 9.18 Å². The highest BCUT2D eigenvalue weighted by Gasteiger charge is 2.25. The van der Waals surface area contributed by atoms with E-state index in [0.29, 0.717) is 12.0 Å². The van der Waals surface area contributed by atoms with Gasteiger partial charge in [0.15, 0.2) is 0 Å². The minimum Gasteiger partial charge on any atom is -0.373 e. The van der Waals surface area contributed by atoms with Crippen molar-refractivity contribution < 1.29 is 9.18 Å².